The molecule has 1 aromatic rings. The molecule has 0 saturated carbocycles. The van der Waals surface area contributed by atoms with Gasteiger partial charge in [-0.15, -0.1) is 11.6 Å². The number of alkyl halides is 1. The van der Waals surface area contributed by atoms with Crippen LogP contribution in [0.3, 0.4) is 0 Å². The van der Waals surface area contributed by atoms with E-state index < -0.39 is 0 Å². The van der Waals surface area contributed by atoms with Crippen molar-refractivity contribution in [3.05, 3.63) is 48.0 Å². The van der Waals surface area contributed by atoms with Crippen LogP contribution in [0.5, 0.6) is 0 Å². The molecule has 0 atom stereocenters. The third kappa shape index (κ3) is 3.27. The van der Waals surface area contributed by atoms with Gasteiger partial charge in [-0.3, -0.25) is 0 Å². The summed E-state index contributed by atoms with van der Waals surface area (Å²) < 4.78 is 0. The van der Waals surface area contributed by atoms with Gasteiger partial charge in [0.2, 0.25) is 0 Å². The van der Waals surface area contributed by atoms with Gasteiger partial charge in [-0.2, -0.15) is 0 Å². The standard InChI is InChI=1S/C11H9Cl/c12-10-6-2-5-9-11-7-3-1-4-8-11/h1-4,6-8H,10H2/b6-2+. The van der Waals surface area contributed by atoms with Crippen LogP contribution >= 0.6 is 11.6 Å². The first kappa shape index (κ1) is 8.90. The lowest BCUT2D eigenvalue weighted by molar-refractivity contribution is 1.65. The lowest BCUT2D eigenvalue weighted by Crippen LogP contribution is -1.69. The third-order valence-corrected chi connectivity index (χ3v) is 1.46. The number of allylic oxidation sites excluding steroid dienone is 2. The molecule has 1 rings (SSSR count). The summed E-state index contributed by atoms with van der Waals surface area (Å²) in [5.74, 6) is 6.39. The Morgan fingerprint density at radius 1 is 1.25 bits per heavy atom. The first-order valence-electron chi connectivity index (χ1n) is 3.71. The summed E-state index contributed by atoms with van der Waals surface area (Å²) >= 11 is 5.43. The van der Waals surface area contributed by atoms with E-state index in [1.807, 2.05) is 36.4 Å². The Morgan fingerprint density at radius 3 is 2.67 bits per heavy atom. The van der Waals surface area contributed by atoms with Gasteiger partial charge < -0.3 is 0 Å². The highest BCUT2D eigenvalue weighted by molar-refractivity contribution is 6.18. The first-order valence-corrected chi connectivity index (χ1v) is 4.24. The van der Waals surface area contributed by atoms with E-state index in [-0.39, 0.29) is 0 Å². The predicted molar refractivity (Wildman–Crippen MR) is 53.2 cm³/mol. The Morgan fingerprint density at radius 2 is 2.00 bits per heavy atom. The molecule has 0 bridgehead atoms. The monoisotopic (exact) mass is 176 g/mol. The Labute approximate surface area is 77.9 Å². The number of halogens is 1. The van der Waals surface area contributed by atoms with Crippen LogP contribution in [-0.2, 0) is 0 Å². The van der Waals surface area contributed by atoms with E-state index in [9.17, 15) is 0 Å². The maximum atomic E-state index is 5.43. The fraction of sp³-hybridized carbons (Fsp3) is 0.0909. The quantitative estimate of drug-likeness (QED) is 0.456. The van der Waals surface area contributed by atoms with Crippen molar-refractivity contribution in [3.63, 3.8) is 0 Å². The van der Waals surface area contributed by atoms with Gasteiger partial charge >= 0.3 is 0 Å². The fourth-order valence-corrected chi connectivity index (χ4v) is 0.839. The number of rotatable bonds is 1. The average Bonchev–Trinajstić information content (AvgIpc) is 2.14. The maximum absolute atomic E-state index is 5.43. The molecule has 0 heterocycles. The Balaban J connectivity index is 2.61. The van der Waals surface area contributed by atoms with Crippen molar-refractivity contribution in [1.82, 2.24) is 0 Å². The van der Waals surface area contributed by atoms with Crippen molar-refractivity contribution in [3.8, 4) is 11.8 Å². The van der Waals surface area contributed by atoms with Gasteiger partial charge in [0.1, 0.15) is 0 Å². The van der Waals surface area contributed by atoms with E-state index in [0.29, 0.717) is 5.88 Å². The smallest absolute Gasteiger partial charge is 0.0413 e. The van der Waals surface area contributed by atoms with Crippen LogP contribution in [0.2, 0.25) is 0 Å². The lowest BCUT2D eigenvalue weighted by atomic mass is 10.2. The Kier molecular flexibility index (Phi) is 4.05. The number of benzene rings is 1. The fourth-order valence-electron chi connectivity index (χ4n) is 0.750. The molecule has 0 spiro atoms. The van der Waals surface area contributed by atoms with Crippen molar-refractivity contribution < 1.29 is 0 Å². The lowest BCUT2D eigenvalue weighted by Gasteiger charge is -1.84. The summed E-state index contributed by atoms with van der Waals surface area (Å²) in [5, 5.41) is 0. The highest BCUT2D eigenvalue weighted by atomic mass is 35.5. The van der Waals surface area contributed by atoms with Gasteiger partial charge in [-0.1, -0.05) is 36.1 Å². The van der Waals surface area contributed by atoms with Crippen LogP contribution in [-0.4, -0.2) is 5.88 Å². The average molecular weight is 177 g/mol. The van der Waals surface area contributed by atoms with Crippen LogP contribution in [0.25, 0.3) is 0 Å². The number of hydrogen-bond donors (Lipinski definition) is 0. The highest BCUT2D eigenvalue weighted by Gasteiger charge is 1.78. The second kappa shape index (κ2) is 5.46. The van der Waals surface area contributed by atoms with Crippen LogP contribution in [0.4, 0.5) is 0 Å². The van der Waals surface area contributed by atoms with E-state index >= 15 is 0 Å². The minimum atomic E-state index is 0.517. The Bertz CT molecular complexity index is 301. The molecular formula is C11H9Cl. The van der Waals surface area contributed by atoms with Crippen LogP contribution in [0.15, 0.2) is 42.5 Å². The highest BCUT2D eigenvalue weighted by Crippen LogP contribution is 1.94. The van der Waals surface area contributed by atoms with E-state index in [1.54, 1.807) is 6.08 Å². The summed E-state index contributed by atoms with van der Waals surface area (Å²) in [5.41, 5.74) is 1.02. The molecule has 12 heavy (non-hydrogen) atoms. The molecule has 0 fully saturated rings. The summed E-state index contributed by atoms with van der Waals surface area (Å²) in [6.07, 6.45) is 3.58. The molecule has 60 valence electrons. The second-order valence-corrected chi connectivity index (χ2v) is 2.50. The van der Waals surface area contributed by atoms with Gasteiger partial charge in [-0.25, -0.2) is 0 Å². The molecule has 0 aromatic heterocycles. The predicted octanol–water partition coefficient (Wildman–Crippen LogP) is 2.83. The minimum absolute atomic E-state index is 0.517. The summed E-state index contributed by atoms with van der Waals surface area (Å²) in [4.78, 5) is 0. The second-order valence-electron chi connectivity index (χ2n) is 2.19. The van der Waals surface area contributed by atoms with E-state index in [4.69, 9.17) is 11.6 Å². The molecule has 0 aliphatic rings. The SMILES string of the molecule is ClC/C=C/C#Cc1ccccc1. The molecule has 0 aliphatic carbocycles. The molecule has 0 nitrogen and oxygen atoms in total. The summed E-state index contributed by atoms with van der Waals surface area (Å²) in [6.45, 7) is 0. The van der Waals surface area contributed by atoms with Crippen molar-refractivity contribution in [1.29, 1.82) is 0 Å². The topological polar surface area (TPSA) is 0 Å². The molecule has 0 aliphatic heterocycles. The third-order valence-electron chi connectivity index (χ3n) is 1.28. The van der Waals surface area contributed by atoms with Gasteiger partial charge in [0.15, 0.2) is 0 Å². The molecule has 0 radical (unpaired) electrons. The van der Waals surface area contributed by atoms with Crippen LogP contribution in [0, 0.1) is 11.8 Å². The molecule has 1 aromatic carbocycles. The van der Waals surface area contributed by atoms with Crippen LogP contribution < -0.4 is 0 Å². The summed E-state index contributed by atoms with van der Waals surface area (Å²) in [7, 11) is 0. The molecule has 0 saturated heterocycles. The van der Waals surface area contributed by atoms with Gasteiger partial charge in [0.05, 0.1) is 0 Å². The number of hydrogen-bond acceptors (Lipinski definition) is 0. The zero-order valence-corrected chi connectivity index (χ0v) is 7.38. The zero-order chi connectivity index (χ0) is 8.65. The van der Waals surface area contributed by atoms with Crippen molar-refractivity contribution in [2.24, 2.45) is 0 Å². The largest absolute Gasteiger partial charge is 0.122 e. The Hall–Kier alpha value is -1.19. The molecular weight excluding hydrogens is 168 g/mol. The van der Waals surface area contributed by atoms with Crippen molar-refractivity contribution in [2.45, 2.75) is 0 Å². The molecule has 0 unspecified atom stereocenters. The van der Waals surface area contributed by atoms with E-state index in [1.165, 1.54) is 0 Å². The molecule has 1 heteroatoms. The zero-order valence-electron chi connectivity index (χ0n) is 6.63. The van der Waals surface area contributed by atoms with E-state index in [2.05, 4.69) is 11.8 Å². The molecule has 0 N–H and O–H groups in total. The van der Waals surface area contributed by atoms with Crippen molar-refractivity contribution in [2.75, 3.05) is 5.88 Å². The normalized spacial score (nSPS) is 9.42. The van der Waals surface area contributed by atoms with Gasteiger partial charge in [0, 0.05) is 11.4 Å². The molecule has 0 amide bonds. The maximum Gasteiger partial charge on any atom is 0.0413 e. The van der Waals surface area contributed by atoms with Gasteiger partial charge in [-0.05, 0) is 18.2 Å². The minimum Gasteiger partial charge on any atom is -0.122 e. The van der Waals surface area contributed by atoms with Gasteiger partial charge in [0.25, 0.3) is 0 Å². The summed E-state index contributed by atoms with van der Waals surface area (Å²) in [6, 6.07) is 9.85. The van der Waals surface area contributed by atoms with Crippen molar-refractivity contribution >= 4 is 11.6 Å². The first-order chi connectivity index (χ1) is 5.93. The van der Waals surface area contributed by atoms with Crippen LogP contribution in [0.1, 0.15) is 5.56 Å². The van der Waals surface area contributed by atoms with E-state index in [0.717, 1.165) is 5.56 Å².